The van der Waals surface area contributed by atoms with Crippen molar-refractivity contribution in [2.24, 2.45) is 0 Å². The third-order valence-corrected chi connectivity index (χ3v) is 4.62. The summed E-state index contributed by atoms with van der Waals surface area (Å²) in [4.78, 5) is 18.4. The van der Waals surface area contributed by atoms with Crippen LogP contribution in [0, 0.1) is 0 Å². The van der Waals surface area contributed by atoms with Gasteiger partial charge in [0.25, 0.3) is 0 Å². The molecule has 1 aliphatic heterocycles. The number of halogens is 1. The van der Waals surface area contributed by atoms with Crippen LogP contribution in [0.2, 0.25) is 5.02 Å². The lowest BCUT2D eigenvalue weighted by Gasteiger charge is -2.34. The van der Waals surface area contributed by atoms with Crippen LogP contribution in [0.3, 0.4) is 0 Å². The highest BCUT2D eigenvalue weighted by atomic mass is 35.5. The van der Waals surface area contributed by atoms with E-state index in [-0.39, 0.29) is 6.29 Å². The molecule has 0 aliphatic carbocycles. The maximum atomic E-state index is 6.08. The van der Waals surface area contributed by atoms with E-state index in [0.717, 1.165) is 32.0 Å². The molecule has 1 aliphatic rings. The lowest BCUT2D eigenvalue weighted by atomic mass is 10.3. The number of aromatic nitrogens is 3. The molecule has 27 heavy (non-hydrogen) atoms. The molecular formula is C18H27ClN6O2. The minimum Gasteiger partial charge on any atom is -0.362 e. The van der Waals surface area contributed by atoms with Crippen molar-refractivity contribution in [2.45, 2.75) is 20.1 Å². The zero-order valence-corrected chi connectivity index (χ0v) is 16.9. The van der Waals surface area contributed by atoms with E-state index in [0.29, 0.717) is 41.8 Å². The standard InChI is InChI=1S/C18H27ClN6O2/c1-4-26-15(27-5-2)12-21-17-18(25-8-6-24(3)7-9-25)23-16-14(22-17)10-13(19)11-20-16/h10-11,15H,4-9,12H2,1-3H3,(H,21,22). The molecule has 0 radical (unpaired) electrons. The number of nitrogens with one attached hydrogen (secondary N) is 1. The molecule has 3 rings (SSSR count). The van der Waals surface area contributed by atoms with Gasteiger partial charge in [-0.25, -0.2) is 15.0 Å². The second-order valence-electron chi connectivity index (χ2n) is 6.40. The van der Waals surface area contributed by atoms with E-state index in [9.17, 15) is 0 Å². The van der Waals surface area contributed by atoms with Crippen molar-refractivity contribution in [3.63, 3.8) is 0 Å². The minimum atomic E-state index is -0.338. The van der Waals surface area contributed by atoms with Crippen LogP contribution in [0.15, 0.2) is 12.3 Å². The summed E-state index contributed by atoms with van der Waals surface area (Å²) in [5, 5.41) is 3.89. The van der Waals surface area contributed by atoms with Crippen LogP contribution in [0.4, 0.5) is 11.6 Å². The number of nitrogens with zero attached hydrogens (tertiary/aromatic N) is 5. The topological polar surface area (TPSA) is 75.6 Å². The monoisotopic (exact) mass is 394 g/mol. The van der Waals surface area contributed by atoms with E-state index in [4.69, 9.17) is 31.0 Å². The average molecular weight is 395 g/mol. The fourth-order valence-electron chi connectivity index (χ4n) is 2.99. The van der Waals surface area contributed by atoms with Crippen LogP contribution in [-0.2, 0) is 9.47 Å². The van der Waals surface area contributed by atoms with Gasteiger partial charge in [-0.05, 0) is 27.0 Å². The predicted molar refractivity (Wildman–Crippen MR) is 108 cm³/mol. The van der Waals surface area contributed by atoms with Gasteiger partial charge in [0.1, 0.15) is 5.52 Å². The molecule has 1 N–H and O–H groups in total. The predicted octanol–water partition coefficient (Wildman–Crippen LogP) is 2.24. The number of piperazine rings is 1. The Labute approximate surface area is 164 Å². The van der Waals surface area contributed by atoms with Crippen LogP contribution >= 0.6 is 11.6 Å². The highest BCUT2D eigenvalue weighted by Gasteiger charge is 2.21. The first-order valence-corrected chi connectivity index (χ1v) is 9.72. The van der Waals surface area contributed by atoms with Crippen LogP contribution in [0.5, 0.6) is 0 Å². The Hall–Kier alpha value is -1.74. The second-order valence-corrected chi connectivity index (χ2v) is 6.84. The quantitative estimate of drug-likeness (QED) is 0.683. The second kappa shape index (κ2) is 9.45. The first-order valence-electron chi connectivity index (χ1n) is 9.34. The van der Waals surface area contributed by atoms with Crippen molar-refractivity contribution in [1.82, 2.24) is 19.9 Å². The third-order valence-electron chi connectivity index (χ3n) is 4.41. The third kappa shape index (κ3) is 5.16. The smallest absolute Gasteiger partial charge is 0.180 e. The van der Waals surface area contributed by atoms with Gasteiger partial charge in [-0.15, -0.1) is 0 Å². The molecule has 1 saturated heterocycles. The zero-order chi connectivity index (χ0) is 19.2. The summed E-state index contributed by atoms with van der Waals surface area (Å²) < 4.78 is 11.2. The van der Waals surface area contributed by atoms with Gasteiger partial charge in [0.15, 0.2) is 23.6 Å². The van der Waals surface area contributed by atoms with E-state index < -0.39 is 0 Å². The van der Waals surface area contributed by atoms with Crippen molar-refractivity contribution < 1.29 is 9.47 Å². The van der Waals surface area contributed by atoms with Crippen LogP contribution in [0.25, 0.3) is 11.2 Å². The van der Waals surface area contributed by atoms with Crippen molar-refractivity contribution in [2.75, 3.05) is 63.2 Å². The largest absolute Gasteiger partial charge is 0.362 e. The summed E-state index contributed by atoms with van der Waals surface area (Å²) in [5.41, 5.74) is 1.25. The molecular weight excluding hydrogens is 368 g/mol. The van der Waals surface area contributed by atoms with E-state index in [1.54, 1.807) is 12.3 Å². The molecule has 0 spiro atoms. The number of likely N-dealkylation sites (N-methyl/N-ethyl adjacent to an activating group) is 1. The summed E-state index contributed by atoms with van der Waals surface area (Å²) in [6.45, 7) is 9.29. The van der Waals surface area contributed by atoms with Gasteiger partial charge in [0.05, 0.1) is 11.6 Å². The van der Waals surface area contributed by atoms with Gasteiger partial charge in [-0.3, -0.25) is 0 Å². The summed E-state index contributed by atoms with van der Waals surface area (Å²) >= 11 is 6.08. The van der Waals surface area contributed by atoms with Crippen LogP contribution in [-0.4, -0.2) is 79.1 Å². The summed E-state index contributed by atoms with van der Waals surface area (Å²) in [5.74, 6) is 1.50. The number of ether oxygens (including phenoxy) is 2. The minimum absolute atomic E-state index is 0.338. The molecule has 2 aromatic rings. The molecule has 3 heterocycles. The lowest BCUT2D eigenvalue weighted by Crippen LogP contribution is -2.45. The normalized spacial score (nSPS) is 15.7. The van der Waals surface area contributed by atoms with E-state index in [1.807, 2.05) is 13.8 Å². The summed E-state index contributed by atoms with van der Waals surface area (Å²) in [7, 11) is 2.13. The van der Waals surface area contributed by atoms with Gasteiger partial charge < -0.3 is 24.6 Å². The average Bonchev–Trinajstić information content (AvgIpc) is 2.66. The molecule has 2 aromatic heterocycles. The number of hydrogen-bond donors (Lipinski definition) is 1. The first kappa shape index (κ1) is 20.0. The van der Waals surface area contributed by atoms with Crippen molar-refractivity contribution in [3.05, 3.63) is 17.3 Å². The van der Waals surface area contributed by atoms with E-state index in [2.05, 4.69) is 27.1 Å². The summed E-state index contributed by atoms with van der Waals surface area (Å²) in [6, 6.07) is 1.78. The molecule has 8 nitrogen and oxygen atoms in total. The molecule has 0 bridgehead atoms. The Morgan fingerprint density at radius 1 is 1.15 bits per heavy atom. The number of anilines is 2. The van der Waals surface area contributed by atoms with E-state index in [1.165, 1.54) is 0 Å². The number of fused-ring (bicyclic) bond motifs is 1. The SMILES string of the molecule is CCOC(CNc1nc2cc(Cl)cnc2nc1N1CCN(C)CC1)OCC. The molecule has 0 amide bonds. The molecule has 1 fully saturated rings. The fourth-order valence-corrected chi connectivity index (χ4v) is 3.14. The maximum absolute atomic E-state index is 6.08. The molecule has 0 atom stereocenters. The van der Waals surface area contributed by atoms with Gasteiger partial charge in [-0.2, -0.15) is 0 Å². The van der Waals surface area contributed by atoms with Crippen molar-refractivity contribution in [1.29, 1.82) is 0 Å². The van der Waals surface area contributed by atoms with Crippen LogP contribution in [0.1, 0.15) is 13.8 Å². The fraction of sp³-hybridized carbons (Fsp3) is 0.611. The van der Waals surface area contributed by atoms with Gasteiger partial charge in [-0.1, -0.05) is 11.6 Å². The Balaban J connectivity index is 1.88. The zero-order valence-electron chi connectivity index (χ0n) is 16.1. The number of hydrogen-bond acceptors (Lipinski definition) is 8. The lowest BCUT2D eigenvalue weighted by molar-refractivity contribution is -0.126. The number of rotatable bonds is 8. The van der Waals surface area contributed by atoms with Gasteiger partial charge in [0.2, 0.25) is 0 Å². The Bertz CT molecular complexity index is 748. The summed E-state index contributed by atoms with van der Waals surface area (Å²) in [6.07, 6.45) is 1.26. The molecule has 0 unspecified atom stereocenters. The Morgan fingerprint density at radius 3 is 2.52 bits per heavy atom. The van der Waals surface area contributed by atoms with Crippen molar-refractivity contribution in [3.8, 4) is 0 Å². The van der Waals surface area contributed by atoms with Gasteiger partial charge >= 0.3 is 0 Å². The first-order chi connectivity index (χ1) is 13.1. The molecule has 0 aromatic carbocycles. The molecule has 9 heteroatoms. The van der Waals surface area contributed by atoms with E-state index >= 15 is 0 Å². The molecule has 148 valence electrons. The molecule has 0 saturated carbocycles. The van der Waals surface area contributed by atoms with Crippen molar-refractivity contribution >= 4 is 34.4 Å². The maximum Gasteiger partial charge on any atom is 0.180 e. The van der Waals surface area contributed by atoms with Crippen LogP contribution < -0.4 is 10.2 Å². The highest BCUT2D eigenvalue weighted by Crippen LogP contribution is 2.26. The Morgan fingerprint density at radius 2 is 1.85 bits per heavy atom. The van der Waals surface area contributed by atoms with Gasteiger partial charge in [0, 0.05) is 45.6 Å². The Kier molecular flexibility index (Phi) is 7.01. The highest BCUT2D eigenvalue weighted by molar-refractivity contribution is 6.31. The number of pyridine rings is 1.